The minimum absolute atomic E-state index is 0.237. The van der Waals surface area contributed by atoms with Crippen LogP contribution in [0.5, 0.6) is 0 Å². The maximum absolute atomic E-state index is 12.7. The van der Waals surface area contributed by atoms with Crippen molar-refractivity contribution in [2.45, 2.75) is 13.8 Å². The molecular weight excluding hydrogens is 400 g/mol. The summed E-state index contributed by atoms with van der Waals surface area (Å²) in [4.78, 5) is 17.2. The molecule has 0 unspecified atom stereocenters. The Bertz CT molecular complexity index is 1360. The van der Waals surface area contributed by atoms with E-state index in [1.54, 1.807) is 24.3 Å². The number of hydrogen-bond acceptors (Lipinski definition) is 4. The first kappa shape index (κ1) is 18.5. The second kappa shape index (κ2) is 7.04. The number of carbonyl (C=O) groups excluding carboxylic acids is 1. The lowest BCUT2D eigenvalue weighted by atomic mass is 10.1. The Balaban J connectivity index is 1.48. The zero-order chi connectivity index (χ0) is 20.8. The van der Waals surface area contributed by atoms with Crippen LogP contribution >= 0.6 is 11.6 Å². The molecule has 0 atom stereocenters. The number of hydrogen-bond donors (Lipinski definition) is 1. The molecule has 0 fully saturated rings. The molecule has 0 spiro atoms. The SMILES string of the molecule is Cc1cc2nc(-c3cc(NC(=O)c4cc5ccccc5o4)ccc3Cl)oc2cc1C. The van der Waals surface area contributed by atoms with Crippen LogP contribution in [0.15, 0.2) is 69.5 Å². The van der Waals surface area contributed by atoms with Crippen molar-refractivity contribution in [3.05, 3.63) is 82.6 Å². The number of oxazole rings is 1. The second-order valence-corrected chi connectivity index (χ2v) is 7.63. The highest BCUT2D eigenvalue weighted by molar-refractivity contribution is 6.33. The van der Waals surface area contributed by atoms with Gasteiger partial charge in [-0.3, -0.25) is 4.79 Å². The van der Waals surface area contributed by atoms with Crippen LogP contribution in [-0.2, 0) is 0 Å². The number of halogens is 1. The van der Waals surface area contributed by atoms with Gasteiger partial charge in [0.2, 0.25) is 5.89 Å². The van der Waals surface area contributed by atoms with Gasteiger partial charge in [0.1, 0.15) is 11.1 Å². The molecule has 5 aromatic rings. The van der Waals surface area contributed by atoms with Crippen molar-refractivity contribution >= 4 is 45.3 Å². The van der Waals surface area contributed by atoms with Gasteiger partial charge in [0, 0.05) is 11.1 Å². The third-order valence-corrected chi connectivity index (χ3v) is 5.44. The second-order valence-electron chi connectivity index (χ2n) is 7.22. The van der Waals surface area contributed by atoms with Gasteiger partial charge in [-0.05, 0) is 67.4 Å². The highest BCUT2D eigenvalue weighted by Crippen LogP contribution is 2.33. The molecule has 1 N–H and O–H groups in total. The molecule has 148 valence electrons. The lowest BCUT2D eigenvalue weighted by Crippen LogP contribution is -2.10. The minimum atomic E-state index is -0.344. The highest BCUT2D eigenvalue weighted by atomic mass is 35.5. The van der Waals surface area contributed by atoms with E-state index in [4.69, 9.17) is 20.4 Å². The van der Waals surface area contributed by atoms with Crippen LogP contribution in [0.4, 0.5) is 5.69 Å². The Labute approximate surface area is 177 Å². The molecule has 0 radical (unpaired) electrons. The molecule has 6 heteroatoms. The first-order chi connectivity index (χ1) is 14.5. The molecule has 2 heterocycles. The van der Waals surface area contributed by atoms with Crippen molar-refractivity contribution in [1.29, 1.82) is 0 Å². The number of nitrogens with one attached hydrogen (secondary N) is 1. The first-order valence-electron chi connectivity index (χ1n) is 9.45. The maximum atomic E-state index is 12.7. The van der Waals surface area contributed by atoms with Gasteiger partial charge in [-0.2, -0.15) is 0 Å². The summed E-state index contributed by atoms with van der Waals surface area (Å²) in [5, 5.41) is 4.20. The summed E-state index contributed by atoms with van der Waals surface area (Å²) < 4.78 is 11.6. The molecule has 0 saturated carbocycles. The van der Waals surface area contributed by atoms with Gasteiger partial charge < -0.3 is 14.2 Å². The third kappa shape index (κ3) is 3.23. The van der Waals surface area contributed by atoms with E-state index < -0.39 is 0 Å². The molecule has 0 saturated heterocycles. The number of aryl methyl sites for hydroxylation is 2. The van der Waals surface area contributed by atoms with E-state index >= 15 is 0 Å². The van der Waals surface area contributed by atoms with Crippen molar-refractivity contribution < 1.29 is 13.6 Å². The number of fused-ring (bicyclic) bond motifs is 2. The first-order valence-corrected chi connectivity index (χ1v) is 9.83. The van der Waals surface area contributed by atoms with E-state index in [0.717, 1.165) is 22.0 Å². The van der Waals surface area contributed by atoms with Gasteiger partial charge in [0.15, 0.2) is 11.3 Å². The molecule has 5 nitrogen and oxygen atoms in total. The summed E-state index contributed by atoms with van der Waals surface area (Å²) in [7, 11) is 0. The molecule has 0 aliphatic rings. The Morgan fingerprint density at radius 2 is 1.73 bits per heavy atom. The summed E-state index contributed by atoms with van der Waals surface area (Å²) >= 11 is 6.40. The fraction of sp³-hybridized carbons (Fsp3) is 0.0833. The van der Waals surface area contributed by atoms with Crippen molar-refractivity contribution in [3.63, 3.8) is 0 Å². The number of carbonyl (C=O) groups is 1. The molecule has 0 aliphatic carbocycles. The van der Waals surface area contributed by atoms with Gasteiger partial charge in [-0.25, -0.2) is 4.98 Å². The molecule has 5 rings (SSSR count). The fourth-order valence-corrected chi connectivity index (χ4v) is 3.55. The van der Waals surface area contributed by atoms with Crippen LogP contribution < -0.4 is 5.32 Å². The zero-order valence-electron chi connectivity index (χ0n) is 16.3. The average Bonchev–Trinajstić information content (AvgIpc) is 3.33. The molecule has 2 aromatic heterocycles. The molecule has 3 aromatic carbocycles. The van der Waals surface area contributed by atoms with E-state index in [9.17, 15) is 4.79 Å². The van der Waals surface area contributed by atoms with Gasteiger partial charge in [0.25, 0.3) is 5.91 Å². The lowest BCUT2D eigenvalue weighted by molar-refractivity contribution is 0.0998. The van der Waals surface area contributed by atoms with Crippen LogP contribution in [0.3, 0.4) is 0 Å². The Morgan fingerprint density at radius 3 is 2.57 bits per heavy atom. The predicted octanol–water partition coefficient (Wildman–Crippen LogP) is 6.76. The standard InChI is InChI=1S/C24H17ClN2O3/c1-13-9-19-21(10-14(13)2)30-24(27-19)17-12-16(7-8-18(17)25)26-23(28)22-11-15-5-3-4-6-20(15)29-22/h3-12H,1-2H3,(H,26,28). The lowest BCUT2D eigenvalue weighted by Gasteiger charge is -2.06. The average molecular weight is 417 g/mol. The van der Waals surface area contributed by atoms with E-state index in [-0.39, 0.29) is 11.7 Å². The number of rotatable bonds is 3. The number of amides is 1. The topological polar surface area (TPSA) is 68.3 Å². The van der Waals surface area contributed by atoms with E-state index in [1.807, 2.05) is 50.2 Å². The number of aromatic nitrogens is 1. The van der Waals surface area contributed by atoms with Gasteiger partial charge in [-0.1, -0.05) is 29.8 Å². The number of furan rings is 1. The van der Waals surface area contributed by atoms with Crippen molar-refractivity contribution in [2.24, 2.45) is 0 Å². The van der Waals surface area contributed by atoms with Crippen molar-refractivity contribution in [3.8, 4) is 11.5 Å². The number of para-hydroxylation sites is 1. The van der Waals surface area contributed by atoms with Gasteiger partial charge in [-0.15, -0.1) is 0 Å². The number of nitrogens with zero attached hydrogens (tertiary/aromatic N) is 1. The number of benzene rings is 3. The minimum Gasteiger partial charge on any atom is -0.451 e. The summed E-state index contributed by atoms with van der Waals surface area (Å²) in [6.45, 7) is 4.06. The summed E-state index contributed by atoms with van der Waals surface area (Å²) in [6.07, 6.45) is 0. The monoisotopic (exact) mass is 416 g/mol. The van der Waals surface area contributed by atoms with E-state index in [0.29, 0.717) is 33.3 Å². The molecular formula is C24H17ClN2O3. The Kier molecular flexibility index (Phi) is 4.33. The largest absolute Gasteiger partial charge is 0.451 e. The van der Waals surface area contributed by atoms with Crippen molar-refractivity contribution in [1.82, 2.24) is 4.98 Å². The van der Waals surface area contributed by atoms with Gasteiger partial charge >= 0.3 is 0 Å². The van der Waals surface area contributed by atoms with E-state index in [2.05, 4.69) is 10.3 Å². The molecule has 1 amide bonds. The molecule has 30 heavy (non-hydrogen) atoms. The maximum Gasteiger partial charge on any atom is 0.291 e. The Morgan fingerprint density at radius 1 is 0.933 bits per heavy atom. The smallest absolute Gasteiger partial charge is 0.291 e. The summed E-state index contributed by atoms with van der Waals surface area (Å²) in [5.41, 5.74) is 5.56. The van der Waals surface area contributed by atoms with Crippen LogP contribution in [0, 0.1) is 13.8 Å². The highest BCUT2D eigenvalue weighted by Gasteiger charge is 2.16. The summed E-state index contributed by atoms with van der Waals surface area (Å²) in [6, 6.07) is 18.3. The number of anilines is 1. The fourth-order valence-electron chi connectivity index (χ4n) is 3.35. The Hall–Kier alpha value is -3.57. The summed E-state index contributed by atoms with van der Waals surface area (Å²) in [5.74, 6) is 0.295. The van der Waals surface area contributed by atoms with Crippen LogP contribution in [0.25, 0.3) is 33.5 Å². The quantitative estimate of drug-likeness (QED) is 0.352. The molecule has 0 aliphatic heterocycles. The van der Waals surface area contributed by atoms with E-state index in [1.165, 1.54) is 0 Å². The van der Waals surface area contributed by atoms with Crippen LogP contribution in [-0.4, -0.2) is 10.9 Å². The third-order valence-electron chi connectivity index (χ3n) is 5.11. The zero-order valence-corrected chi connectivity index (χ0v) is 17.1. The van der Waals surface area contributed by atoms with Crippen LogP contribution in [0.1, 0.15) is 21.7 Å². The molecule has 0 bridgehead atoms. The van der Waals surface area contributed by atoms with Gasteiger partial charge in [0.05, 0.1) is 10.6 Å². The van der Waals surface area contributed by atoms with Crippen LogP contribution in [0.2, 0.25) is 5.02 Å². The van der Waals surface area contributed by atoms with Crippen molar-refractivity contribution in [2.75, 3.05) is 5.32 Å². The predicted molar refractivity (Wildman–Crippen MR) is 118 cm³/mol. The normalized spacial score (nSPS) is 11.3.